The highest BCUT2D eigenvalue weighted by molar-refractivity contribution is 6.36. The van der Waals surface area contributed by atoms with Crippen LogP contribution in [0.1, 0.15) is 41.4 Å². The number of hydrogen-bond acceptors (Lipinski definition) is 5. The third-order valence-corrected chi connectivity index (χ3v) is 5.25. The lowest BCUT2D eigenvalue weighted by Gasteiger charge is -2.20. The van der Waals surface area contributed by atoms with Gasteiger partial charge in [0.1, 0.15) is 5.75 Å². The summed E-state index contributed by atoms with van der Waals surface area (Å²) in [6, 6.07) is 17.6. The first-order valence-electron chi connectivity index (χ1n) is 9.16. The molecule has 3 aromatic carbocycles. The summed E-state index contributed by atoms with van der Waals surface area (Å²) in [5.41, 5.74) is 1.81. The fourth-order valence-corrected chi connectivity index (χ4v) is 3.82. The summed E-state index contributed by atoms with van der Waals surface area (Å²) in [6.07, 6.45) is 0. The lowest BCUT2D eigenvalue weighted by atomic mass is 10.1. The number of hydrogen-bond donors (Lipinski definition) is 0. The van der Waals surface area contributed by atoms with Crippen LogP contribution in [0.25, 0.3) is 0 Å². The molecule has 146 valence electrons. The van der Waals surface area contributed by atoms with Gasteiger partial charge in [-0.2, -0.15) is 0 Å². The van der Waals surface area contributed by atoms with Gasteiger partial charge < -0.3 is 4.74 Å². The molecule has 0 N–H and O–H groups in total. The van der Waals surface area contributed by atoms with E-state index in [1.54, 1.807) is 48.5 Å². The molecule has 7 heteroatoms. The van der Waals surface area contributed by atoms with Crippen molar-refractivity contribution in [2.24, 2.45) is 0 Å². The molecule has 0 atom stereocenters. The van der Waals surface area contributed by atoms with Crippen molar-refractivity contribution in [3.05, 3.63) is 89.0 Å². The lowest BCUT2D eigenvalue weighted by Crippen LogP contribution is -2.31. The van der Waals surface area contributed by atoms with Crippen molar-refractivity contribution >= 4 is 35.0 Å². The standard InChI is InChI=1S/C23H14N2O5/c1-30-19-12-13(24-20(26)14-6-2-3-7-15(14)21(24)27)10-11-18(19)25-22(28)16-8-4-5-9-17(16)23(25)29/h2-12H,1H3. The van der Waals surface area contributed by atoms with Crippen LogP contribution in [0.15, 0.2) is 66.7 Å². The summed E-state index contributed by atoms with van der Waals surface area (Å²) < 4.78 is 5.41. The molecule has 2 aliphatic rings. The van der Waals surface area contributed by atoms with Crippen LogP contribution in [0, 0.1) is 0 Å². The van der Waals surface area contributed by atoms with Gasteiger partial charge in [-0.1, -0.05) is 24.3 Å². The van der Waals surface area contributed by atoms with E-state index in [0.717, 1.165) is 9.80 Å². The molecule has 0 spiro atoms. The summed E-state index contributed by atoms with van der Waals surface area (Å²) in [4.78, 5) is 53.2. The Labute approximate surface area is 171 Å². The van der Waals surface area contributed by atoms with Crippen LogP contribution in [0.2, 0.25) is 0 Å². The zero-order chi connectivity index (χ0) is 21.0. The average molecular weight is 398 g/mol. The smallest absolute Gasteiger partial charge is 0.266 e. The number of carbonyl (C=O) groups is 4. The van der Waals surface area contributed by atoms with Crippen LogP contribution < -0.4 is 14.5 Å². The first-order chi connectivity index (χ1) is 14.5. The highest BCUT2D eigenvalue weighted by Gasteiger charge is 2.39. The Hall–Kier alpha value is -4.26. The van der Waals surface area contributed by atoms with Gasteiger partial charge in [0.25, 0.3) is 23.6 Å². The zero-order valence-corrected chi connectivity index (χ0v) is 15.8. The van der Waals surface area contributed by atoms with E-state index in [-0.39, 0.29) is 11.4 Å². The van der Waals surface area contributed by atoms with E-state index in [9.17, 15) is 19.2 Å². The average Bonchev–Trinajstić information content (AvgIpc) is 3.18. The Bertz CT molecular complexity index is 1210. The summed E-state index contributed by atoms with van der Waals surface area (Å²) in [5, 5.41) is 0. The summed E-state index contributed by atoms with van der Waals surface area (Å²) >= 11 is 0. The number of carbonyl (C=O) groups excluding carboxylic acids is 4. The Kier molecular flexibility index (Phi) is 3.79. The van der Waals surface area contributed by atoms with Crippen molar-refractivity contribution in [3.8, 4) is 5.75 Å². The molecule has 0 bridgehead atoms. The number of amides is 4. The minimum absolute atomic E-state index is 0.193. The van der Waals surface area contributed by atoms with E-state index in [0.29, 0.717) is 27.9 Å². The van der Waals surface area contributed by atoms with E-state index in [1.165, 1.54) is 25.3 Å². The summed E-state index contributed by atoms with van der Waals surface area (Å²) in [7, 11) is 1.39. The summed E-state index contributed by atoms with van der Waals surface area (Å²) in [6.45, 7) is 0. The van der Waals surface area contributed by atoms with Gasteiger partial charge in [0, 0.05) is 6.07 Å². The molecule has 4 amide bonds. The molecule has 0 aromatic heterocycles. The highest BCUT2D eigenvalue weighted by atomic mass is 16.5. The van der Waals surface area contributed by atoms with Crippen LogP contribution in [-0.2, 0) is 0 Å². The number of benzene rings is 3. The topological polar surface area (TPSA) is 84.0 Å². The number of fused-ring (bicyclic) bond motifs is 2. The van der Waals surface area contributed by atoms with Crippen molar-refractivity contribution < 1.29 is 23.9 Å². The quantitative estimate of drug-likeness (QED) is 0.632. The SMILES string of the molecule is COc1cc(N2C(=O)c3ccccc3C2=O)ccc1N1C(=O)c2ccccc2C1=O. The van der Waals surface area contributed by atoms with Crippen LogP contribution in [-0.4, -0.2) is 30.7 Å². The maximum Gasteiger partial charge on any atom is 0.266 e. The Morgan fingerprint density at radius 2 is 1.03 bits per heavy atom. The van der Waals surface area contributed by atoms with E-state index >= 15 is 0 Å². The first kappa shape index (κ1) is 17.8. The second-order valence-electron chi connectivity index (χ2n) is 6.84. The first-order valence-corrected chi connectivity index (χ1v) is 9.16. The van der Waals surface area contributed by atoms with Crippen molar-refractivity contribution in [2.75, 3.05) is 16.9 Å². The highest BCUT2D eigenvalue weighted by Crippen LogP contribution is 2.39. The second kappa shape index (κ2) is 6.38. The molecule has 2 heterocycles. The molecule has 0 radical (unpaired) electrons. The minimum atomic E-state index is -0.456. The van der Waals surface area contributed by atoms with Crippen LogP contribution in [0.4, 0.5) is 11.4 Å². The molecule has 0 saturated heterocycles. The fraction of sp³-hybridized carbons (Fsp3) is 0.0435. The number of imide groups is 2. The zero-order valence-electron chi connectivity index (χ0n) is 15.8. The fourth-order valence-electron chi connectivity index (χ4n) is 3.82. The number of ether oxygens (including phenoxy) is 1. The third kappa shape index (κ3) is 2.32. The predicted molar refractivity (Wildman–Crippen MR) is 108 cm³/mol. The molecule has 0 unspecified atom stereocenters. The maximum atomic E-state index is 12.8. The molecule has 5 rings (SSSR count). The van der Waals surface area contributed by atoms with Crippen molar-refractivity contribution in [3.63, 3.8) is 0 Å². The van der Waals surface area contributed by atoms with Gasteiger partial charge in [0.05, 0.1) is 40.7 Å². The van der Waals surface area contributed by atoms with Crippen molar-refractivity contribution in [1.29, 1.82) is 0 Å². The van der Waals surface area contributed by atoms with Gasteiger partial charge in [0.2, 0.25) is 0 Å². The van der Waals surface area contributed by atoms with E-state index < -0.39 is 23.6 Å². The van der Waals surface area contributed by atoms with Gasteiger partial charge in [-0.3, -0.25) is 19.2 Å². The lowest BCUT2D eigenvalue weighted by molar-refractivity contribution is 0.0908. The number of methoxy groups -OCH3 is 1. The van der Waals surface area contributed by atoms with Crippen molar-refractivity contribution in [2.45, 2.75) is 0 Å². The monoisotopic (exact) mass is 398 g/mol. The Morgan fingerprint density at radius 1 is 0.600 bits per heavy atom. The molecule has 0 aliphatic carbocycles. The summed E-state index contributed by atoms with van der Waals surface area (Å²) in [5.74, 6) is -1.60. The van der Waals surface area contributed by atoms with E-state index in [1.807, 2.05) is 0 Å². The molecule has 2 aliphatic heterocycles. The number of nitrogens with zero attached hydrogens (tertiary/aromatic N) is 2. The largest absolute Gasteiger partial charge is 0.494 e. The van der Waals surface area contributed by atoms with Gasteiger partial charge in [-0.25, -0.2) is 9.80 Å². The third-order valence-electron chi connectivity index (χ3n) is 5.25. The molecule has 7 nitrogen and oxygen atoms in total. The molecule has 0 saturated carbocycles. The Balaban J connectivity index is 1.56. The van der Waals surface area contributed by atoms with Gasteiger partial charge in [-0.05, 0) is 36.4 Å². The van der Waals surface area contributed by atoms with Crippen LogP contribution in [0.5, 0.6) is 5.75 Å². The molecule has 30 heavy (non-hydrogen) atoms. The molecular formula is C23H14N2O5. The second-order valence-corrected chi connectivity index (χ2v) is 6.84. The predicted octanol–water partition coefficient (Wildman–Crippen LogP) is 3.30. The molecule has 3 aromatic rings. The van der Waals surface area contributed by atoms with Gasteiger partial charge in [0.15, 0.2) is 0 Å². The van der Waals surface area contributed by atoms with E-state index in [4.69, 9.17) is 4.74 Å². The van der Waals surface area contributed by atoms with Gasteiger partial charge >= 0.3 is 0 Å². The minimum Gasteiger partial charge on any atom is -0.494 e. The van der Waals surface area contributed by atoms with Crippen molar-refractivity contribution in [1.82, 2.24) is 0 Å². The number of anilines is 2. The molecular weight excluding hydrogens is 384 g/mol. The van der Waals surface area contributed by atoms with Gasteiger partial charge in [-0.15, -0.1) is 0 Å². The molecule has 0 fully saturated rings. The Morgan fingerprint density at radius 3 is 1.47 bits per heavy atom. The normalized spacial score (nSPS) is 15.0. The van der Waals surface area contributed by atoms with E-state index in [2.05, 4.69) is 0 Å². The van der Waals surface area contributed by atoms with Crippen LogP contribution >= 0.6 is 0 Å². The number of rotatable bonds is 3. The maximum absolute atomic E-state index is 12.8. The van der Waals surface area contributed by atoms with Crippen LogP contribution in [0.3, 0.4) is 0 Å².